The van der Waals surface area contributed by atoms with Crippen molar-refractivity contribution in [1.82, 2.24) is 0 Å². The summed E-state index contributed by atoms with van der Waals surface area (Å²) < 4.78 is 4.53. The fraction of sp³-hybridized carbons (Fsp3) is 0.111. The average Bonchev–Trinajstić information content (AvgIpc) is 2.15. The number of halogens is 1. The molecule has 0 saturated carbocycles. The quantitative estimate of drug-likeness (QED) is 0.546. The first kappa shape index (κ1) is 9.74. The van der Waals surface area contributed by atoms with Crippen LogP contribution in [-0.2, 0) is 14.3 Å². The summed E-state index contributed by atoms with van der Waals surface area (Å²) >= 11 is 5.23. The highest BCUT2D eigenvalue weighted by molar-refractivity contribution is 6.64. The minimum absolute atomic E-state index is 0.206. The van der Waals surface area contributed by atoms with Crippen LogP contribution in [0, 0.1) is 0 Å². The first-order valence-electron chi connectivity index (χ1n) is 3.59. The lowest BCUT2D eigenvalue weighted by atomic mass is 10.1. The van der Waals surface area contributed by atoms with Crippen LogP contribution in [0.1, 0.15) is 11.7 Å². The smallest absolute Gasteiger partial charge is 0.294 e. The molecule has 0 amide bonds. The lowest BCUT2D eigenvalue weighted by Crippen LogP contribution is -2.09. The largest absolute Gasteiger partial charge is 0.450 e. The van der Waals surface area contributed by atoms with Crippen molar-refractivity contribution in [3.8, 4) is 0 Å². The van der Waals surface area contributed by atoms with E-state index in [9.17, 15) is 9.59 Å². The molecule has 0 aliphatic heterocycles. The van der Waals surface area contributed by atoms with Gasteiger partial charge >= 0.3 is 0 Å². The molecule has 0 aliphatic carbocycles. The molecule has 0 N–H and O–H groups in total. The fourth-order valence-electron chi connectivity index (χ4n) is 0.946. The van der Waals surface area contributed by atoms with Gasteiger partial charge in [0.2, 0.25) is 0 Å². The maximum atomic E-state index is 10.8. The van der Waals surface area contributed by atoms with Crippen molar-refractivity contribution in [1.29, 1.82) is 0 Å². The summed E-state index contributed by atoms with van der Waals surface area (Å²) in [7, 11) is 0. The molecule has 4 heteroatoms. The predicted molar refractivity (Wildman–Crippen MR) is 47.2 cm³/mol. The van der Waals surface area contributed by atoms with Gasteiger partial charge < -0.3 is 4.74 Å². The Hall–Kier alpha value is -1.35. The number of hydrogen-bond donors (Lipinski definition) is 0. The van der Waals surface area contributed by atoms with E-state index in [1.807, 2.05) is 0 Å². The molecule has 0 spiro atoms. The van der Waals surface area contributed by atoms with Crippen LogP contribution < -0.4 is 0 Å². The lowest BCUT2D eigenvalue weighted by Gasteiger charge is -2.09. The van der Waals surface area contributed by atoms with Crippen LogP contribution >= 0.6 is 11.6 Å². The van der Waals surface area contributed by atoms with Crippen molar-refractivity contribution in [2.24, 2.45) is 0 Å². The molecule has 1 rings (SSSR count). The third kappa shape index (κ3) is 2.56. The Balaban J connectivity index is 2.88. The minimum Gasteiger partial charge on any atom is -0.450 e. The molecule has 1 aromatic carbocycles. The number of carbonyl (C=O) groups is 2. The van der Waals surface area contributed by atoms with Gasteiger partial charge in [0.1, 0.15) is 0 Å². The van der Waals surface area contributed by atoms with Gasteiger partial charge in [0.05, 0.1) is 0 Å². The van der Waals surface area contributed by atoms with E-state index in [-0.39, 0.29) is 6.47 Å². The highest BCUT2D eigenvalue weighted by Crippen LogP contribution is 2.18. The zero-order valence-corrected chi connectivity index (χ0v) is 7.40. The van der Waals surface area contributed by atoms with E-state index < -0.39 is 11.3 Å². The molecule has 3 nitrogen and oxygen atoms in total. The Kier molecular flexibility index (Phi) is 3.46. The first-order chi connectivity index (χ1) is 6.25. The topological polar surface area (TPSA) is 43.4 Å². The summed E-state index contributed by atoms with van der Waals surface area (Å²) in [6, 6.07) is 8.58. The van der Waals surface area contributed by atoms with Crippen LogP contribution in [0.4, 0.5) is 0 Å². The van der Waals surface area contributed by atoms with Crippen LogP contribution in [0.15, 0.2) is 30.3 Å². The van der Waals surface area contributed by atoms with Crippen molar-refractivity contribution in [3.63, 3.8) is 0 Å². The van der Waals surface area contributed by atoms with E-state index in [2.05, 4.69) is 4.74 Å². The molecule has 0 bridgehead atoms. The molecule has 13 heavy (non-hydrogen) atoms. The van der Waals surface area contributed by atoms with Gasteiger partial charge in [0.15, 0.2) is 6.10 Å². The van der Waals surface area contributed by atoms with Gasteiger partial charge in [-0.2, -0.15) is 0 Å². The van der Waals surface area contributed by atoms with Crippen LogP contribution in [0.2, 0.25) is 0 Å². The highest BCUT2D eigenvalue weighted by atomic mass is 35.5. The number of benzene rings is 1. The molecule has 0 radical (unpaired) electrons. The van der Waals surface area contributed by atoms with E-state index in [0.29, 0.717) is 5.56 Å². The molecule has 1 unspecified atom stereocenters. The summed E-state index contributed by atoms with van der Waals surface area (Å²) in [5.41, 5.74) is 0.564. The molecule has 1 atom stereocenters. The maximum absolute atomic E-state index is 10.8. The summed E-state index contributed by atoms with van der Waals surface area (Å²) in [6.45, 7) is 0.206. The second-order valence-electron chi connectivity index (χ2n) is 2.33. The van der Waals surface area contributed by atoms with E-state index in [1.54, 1.807) is 30.3 Å². The summed E-state index contributed by atoms with van der Waals surface area (Å²) in [4.78, 5) is 20.9. The molecule has 0 aromatic heterocycles. The minimum atomic E-state index is -1.000. The predicted octanol–water partition coefficient (Wildman–Crippen LogP) is 1.67. The van der Waals surface area contributed by atoms with Crippen molar-refractivity contribution >= 4 is 23.3 Å². The van der Waals surface area contributed by atoms with Crippen LogP contribution in [0.25, 0.3) is 0 Å². The summed E-state index contributed by atoms with van der Waals surface area (Å²) in [5, 5.41) is -0.710. The molecule has 0 aliphatic rings. The second kappa shape index (κ2) is 4.62. The SMILES string of the molecule is O=COC(C(=O)Cl)c1ccccc1. The van der Waals surface area contributed by atoms with Crippen molar-refractivity contribution in [2.75, 3.05) is 0 Å². The molecule has 0 saturated heterocycles. The monoisotopic (exact) mass is 198 g/mol. The number of hydrogen-bond acceptors (Lipinski definition) is 3. The van der Waals surface area contributed by atoms with Gasteiger partial charge in [0, 0.05) is 5.56 Å². The highest BCUT2D eigenvalue weighted by Gasteiger charge is 2.18. The van der Waals surface area contributed by atoms with Crippen molar-refractivity contribution < 1.29 is 14.3 Å². The van der Waals surface area contributed by atoms with Crippen molar-refractivity contribution in [2.45, 2.75) is 6.10 Å². The Morgan fingerprint density at radius 3 is 2.46 bits per heavy atom. The van der Waals surface area contributed by atoms with E-state index >= 15 is 0 Å². The average molecular weight is 199 g/mol. The van der Waals surface area contributed by atoms with Gasteiger partial charge in [-0.25, -0.2) is 0 Å². The standard InChI is InChI=1S/C9H7ClO3/c10-9(12)8(13-6-11)7-4-2-1-3-5-7/h1-6,8H. The molecule has 0 heterocycles. The fourth-order valence-corrected chi connectivity index (χ4v) is 1.12. The third-order valence-electron chi connectivity index (χ3n) is 1.50. The first-order valence-corrected chi connectivity index (χ1v) is 3.97. The van der Waals surface area contributed by atoms with Crippen molar-refractivity contribution in [3.05, 3.63) is 35.9 Å². The van der Waals surface area contributed by atoms with Gasteiger partial charge in [-0.1, -0.05) is 30.3 Å². The Morgan fingerprint density at radius 2 is 2.00 bits per heavy atom. The van der Waals surface area contributed by atoms with Crippen LogP contribution in [-0.4, -0.2) is 11.7 Å². The Labute approximate surface area is 80.3 Å². The van der Waals surface area contributed by atoms with Gasteiger partial charge in [-0.3, -0.25) is 9.59 Å². The zero-order valence-electron chi connectivity index (χ0n) is 6.64. The molecular formula is C9H7ClO3. The number of ether oxygens (including phenoxy) is 1. The summed E-state index contributed by atoms with van der Waals surface area (Å²) in [5.74, 6) is 0. The van der Waals surface area contributed by atoms with E-state index in [0.717, 1.165) is 0 Å². The normalized spacial score (nSPS) is 11.8. The lowest BCUT2D eigenvalue weighted by molar-refractivity contribution is -0.140. The Bertz CT molecular complexity index is 297. The number of rotatable bonds is 4. The maximum Gasteiger partial charge on any atom is 0.294 e. The second-order valence-corrected chi connectivity index (χ2v) is 2.70. The van der Waals surface area contributed by atoms with Gasteiger partial charge in [-0.15, -0.1) is 0 Å². The molecule has 0 fully saturated rings. The van der Waals surface area contributed by atoms with Crippen LogP contribution in [0.5, 0.6) is 0 Å². The molecule has 1 aromatic rings. The van der Waals surface area contributed by atoms with Gasteiger partial charge in [0.25, 0.3) is 11.7 Å². The summed E-state index contributed by atoms with van der Waals surface area (Å²) in [6.07, 6.45) is -1.000. The zero-order chi connectivity index (χ0) is 9.68. The van der Waals surface area contributed by atoms with Crippen LogP contribution in [0.3, 0.4) is 0 Å². The Morgan fingerprint density at radius 1 is 1.38 bits per heavy atom. The van der Waals surface area contributed by atoms with Gasteiger partial charge in [-0.05, 0) is 11.6 Å². The third-order valence-corrected chi connectivity index (χ3v) is 1.70. The number of carbonyl (C=O) groups excluding carboxylic acids is 2. The molecule has 68 valence electrons. The van der Waals surface area contributed by atoms with E-state index in [1.165, 1.54) is 0 Å². The van der Waals surface area contributed by atoms with E-state index in [4.69, 9.17) is 11.6 Å². The molecular weight excluding hydrogens is 192 g/mol.